The Morgan fingerprint density at radius 2 is 1.86 bits per heavy atom. The predicted molar refractivity (Wildman–Crippen MR) is 85.3 cm³/mol. The number of esters is 1. The average molecular weight is 372 g/mol. The van der Waals surface area contributed by atoms with Crippen LogP contribution in [0.2, 0.25) is 0 Å². The highest BCUT2D eigenvalue weighted by Crippen LogP contribution is 2.35. The van der Waals surface area contributed by atoms with Crippen molar-refractivity contribution in [1.82, 2.24) is 5.32 Å². The lowest BCUT2D eigenvalue weighted by molar-refractivity contribution is -0.128. The molecule has 0 spiro atoms. The topological polar surface area (TPSA) is 73.9 Å². The maximum Gasteiger partial charge on any atom is 0.339 e. The molecule has 0 radical (unpaired) electrons. The Morgan fingerprint density at radius 3 is 2.32 bits per heavy atom. The molecule has 120 valence electrons. The molecule has 1 atom stereocenters. The van der Waals surface area contributed by atoms with E-state index in [4.69, 9.17) is 14.2 Å². The molecule has 0 aliphatic carbocycles. The third kappa shape index (κ3) is 4.49. The average Bonchev–Trinajstić information content (AvgIpc) is 2.52. The van der Waals surface area contributed by atoms with Gasteiger partial charge in [0.1, 0.15) is 16.0 Å². The van der Waals surface area contributed by atoms with E-state index in [1.807, 2.05) is 0 Å². The van der Waals surface area contributed by atoms with Crippen LogP contribution in [0.25, 0.3) is 0 Å². The van der Waals surface area contributed by atoms with Gasteiger partial charge in [0, 0.05) is 6.54 Å². The lowest BCUT2D eigenvalue weighted by Gasteiger charge is -2.14. The summed E-state index contributed by atoms with van der Waals surface area (Å²) in [6, 6.07) is 3.01. The molecule has 0 aliphatic rings. The molecule has 1 amide bonds. The van der Waals surface area contributed by atoms with Crippen LogP contribution in [-0.2, 0) is 9.53 Å². The standard InChI is InChI=1S/C15H18BrNO5/c1-5-6-17-14(18)9(2)22-15(19)10-7-11(20-3)13(16)12(8-10)21-4/h5,7-9H,1,6H2,2-4H3,(H,17,18). The quantitative estimate of drug-likeness (QED) is 0.588. The molecule has 0 fully saturated rings. The van der Waals surface area contributed by atoms with Gasteiger partial charge in [-0.1, -0.05) is 6.08 Å². The largest absolute Gasteiger partial charge is 0.495 e. The highest BCUT2D eigenvalue weighted by Gasteiger charge is 2.21. The molecule has 0 saturated heterocycles. The van der Waals surface area contributed by atoms with Gasteiger partial charge in [-0.25, -0.2) is 4.79 Å². The summed E-state index contributed by atoms with van der Waals surface area (Å²) in [7, 11) is 2.94. The Labute approximate surface area is 137 Å². The van der Waals surface area contributed by atoms with Gasteiger partial charge in [0.2, 0.25) is 0 Å². The molecule has 7 heteroatoms. The van der Waals surface area contributed by atoms with E-state index < -0.39 is 18.0 Å². The number of rotatable bonds is 7. The van der Waals surface area contributed by atoms with Gasteiger partial charge in [-0.15, -0.1) is 6.58 Å². The molecule has 1 unspecified atom stereocenters. The highest BCUT2D eigenvalue weighted by molar-refractivity contribution is 9.10. The number of benzene rings is 1. The second kappa shape index (κ2) is 8.43. The Morgan fingerprint density at radius 1 is 1.32 bits per heavy atom. The molecule has 0 bridgehead atoms. The monoisotopic (exact) mass is 371 g/mol. The van der Waals surface area contributed by atoms with Crippen molar-refractivity contribution in [2.24, 2.45) is 0 Å². The second-order valence-electron chi connectivity index (χ2n) is 4.28. The Kier molecular flexibility index (Phi) is 6.91. The lowest BCUT2D eigenvalue weighted by atomic mass is 10.2. The van der Waals surface area contributed by atoms with Gasteiger partial charge >= 0.3 is 5.97 Å². The van der Waals surface area contributed by atoms with Crippen molar-refractivity contribution in [1.29, 1.82) is 0 Å². The van der Waals surface area contributed by atoms with Crippen LogP contribution in [0, 0.1) is 0 Å². The van der Waals surface area contributed by atoms with Crippen molar-refractivity contribution in [3.8, 4) is 11.5 Å². The molecule has 0 aromatic heterocycles. The molecular formula is C15H18BrNO5. The second-order valence-corrected chi connectivity index (χ2v) is 5.07. The summed E-state index contributed by atoms with van der Waals surface area (Å²) in [5, 5.41) is 2.55. The third-order valence-corrected chi connectivity index (χ3v) is 3.54. The third-order valence-electron chi connectivity index (χ3n) is 2.76. The Balaban J connectivity index is 2.89. The first kappa shape index (κ1) is 18.0. The van der Waals surface area contributed by atoms with E-state index in [0.717, 1.165) is 0 Å². The van der Waals surface area contributed by atoms with Gasteiger partial charge in [0.05, 0.1) is 19.8 Å². The summed E-state index contributed by atoms with van der Waals surface area (Å²) in [5.74, 6) is -0.195. The van der Waals surface area contributed by atoms with Crippen LogP contribution in [-0.4, -0.2) is 38.7 Å². The van der Waals surface area contributed by atoms with Crippen LogP contribution in [0.5, 0.6) is 11.5 Å². The molecule has 0 heterocycles. The van der Waals surface area contributed by atoms with Gasteiger partial charge in [-0.3, -0.25) is 4.79 Å². The number of hydrogen-bond acceptors (Lipinski definition) is 5. The van der Waals surface area contributed by atoms with E-state index in [1.165, 1.54) is 39.4 Å². The Bertz CT molecular complexity index is 548. The molecule has 0 aliphatic heterocycles. The molecule has 6 nitrogen and oxygen atoms in total. The summed E-state index contributed by atoms with van der Waals surface area (Å²) in [4.78, 5) is 23.8. The number of carbonyl (C=O) groups is 2. The first-order valence-corrected chi connectivity index (χ1v) is 7.25. The first-order valence-electron chi connectivity index (χ1n) is 6.45. The summed E-state index contributed by atoms with van der Waals surface area (Å²) < 4.78 is 16.0. The molecule has 1 aromatic rings. The van der Waals surface area contributed by atoms with Crippen LogP contribution in [0.15, 0.2) is 29.3 Å². The predicted octanol–water partition coefficient (Wildman–Crippen LogP) is 2.31. The normalized spacial score (nSPS) is 11.3. The number of hydrogen-bond donors (Lipinski definition) is 1. The number of halogens is 1. The minimum atomic E-state index is -0.923. The first-order chi connectivity index (χ1) is 10.4. The van der Waals surface area contributed by atoms with Crippen LogP contribution >= 0.6 is 15.9 Å². The minimum Gasteiger partial charge on any atom is -0.495 e. The number of nitrogens with one attached hydrogen (secondary N) is 1. The van der Waals surface area contributed by atoms with E-state index >= 15 is 0 Å². The van der Waals surface area contributed by atoms with Crippen LogP contribution in [0.3, 0.4) is 0 Å². The number of amides is 1. The van der Waals surface area contributed by atoms with Crippen molar-refractivity contribution in [2.75, 3.05) is 20.8 Å². The molecule has 1 aromatic carbocycles. The Hall–Kier alpha value is -2.02. The molecular weight excluding hydrogens is 354 g/mol. The molecule has 1 rings (SSSR count). The zero-order valence-corrected chi connectivity index (χ0v) is 14.2. The summed E-state index contributed by atoms with van der Waals surface area (Å²) in [5.41, 5.74) is 0.222. The zero-order chi connectivity index (χ0) is 16.7. The maximum atomic E-state index is 12.1. The van der Waals surface area contributed by atoms with Crippen molar-refractivity contribution in [3.05, 3.63) is 34.8 Å². The van der Waals surface area contributed by atoms with Crippen molar-refractivity contribution >= 4 is 27.8 Å². The van der Waals surface area contributed by atoms with E-state index in [1.54, 1.807) is 0 Å². The minimum absolute atomic E-state index is 0.222. The fourth-order valence-electron chi connectivity index (χ4n) is 1.59. The van der Waals surface area contributed by atoms with Gasteiger partial charge in [-0.05, 0) is 35.0 Å². The van der Waals surface area contributed by atoms with E-state index in [2.05, 4.69) is 27.8 Å². The summed E-state index contributed by atoms with van der Waals surface area (Å²) in [6.45, 7) is 5.29. The van der Waals surface area contributed by atoms with E-state index in [-0.39, 0.29) is 5.56 Å². The highest BCUT2D eigenvalue weighted by atomic mass is 79.9. The number of ether oxygens (including phenoxy) is 3. The van der Waals surface area contributed by atoms with Gasteiger partial charge in [-0.2, -0.15) is 0 Å². The number of methoxy groups -OCH3 is 2. The maximum absolute atomic E-state index is 12.1. The van der Waals surface area contributed by atoms with Crippen LogP contribution in [0.1, 0.15) is 17.3 Å². The fourth-order valence-corrected chi connectivity index (χ4v) is 2.14. The van der Waals surface area contributed by atoms with Crippen molar-refractivity contribution in [3.63, 3.8) is 0 Å². The van der Waals surface area contributed by atoms with Gasteiger partial charge in [0.25, 0.3) is 5.91 Å². The van der Waals surface area contributed by atoms with Crippen LogP contribution < -0.4 is 14.8 Å². The lowest BCUT2D eigenvalue weighted by Crippen LogP contribution is -2.35. The van der Waals surface area contributed by atoms with Gasteiger partial charge in [0.15, 0.2) is 6.10 Å². The molecule has 0 saturated carbocycles. The van der Waals surface area contributed by atoms with E-state index in [0.29, 0.717) is 22.5 Å². The molecule has 1 N–H and O–H groups in total. The smallest absolute Gasteiger partial charge is 0.339 e. The van der Waals surface area contributed by atoms with Crippen LogP contribution in [0.4, 0.5) is 0 Å². The van der Waals surface area contributed by atoms with Gasteiger partial charge < -0.3 is 19.5 Å². The number of carbonyl (C=O) groups excluding carboxylic acids is 2. The fraction of sp³-hybridized carbons (Fsp3) is 0.333. The van der Waals surface area contributed by atoms with Crippen molar-refractivity contribution in [2.45, 2.75) is 13.0 Å². The summed E-state index contributed by atoms with van der Waals surface area (Å²) >= 11 is 3.31. The SMILES string of the molecule is C=CCNC(=O)C(C)OC(=O)c1cc(OC)c(Br)c(OC)c1. The summed E-state index contributed by atoms with van der Waals surface area (Å²) in [6.07, 6.45) is 0.616. The van der Waals surface area contributed by atoms with E-state index in [9.17, 15) is 9.59 Å². The zero-order valence-electron chi connectivity index (χ0n) is 12.6. The molecule has 22 heavy (non-hydrogen) atoms. The van der Waals surface area contributed by atoms with Crippen molar-refractivity contribution < 1.29 is 23.8 Å².